The Labute approximate surface area is 217 Å². The van der Waals surface area contributed by atoms with Gasteiger partial charge in [0.25, 0.3) is 5.91 Å². The molecule has 4 rings (SSSR count). The van der Waals surface area contributed by atoms with Crippen LogP contribution in [0.5, 0.6) is 0 Å². The number of nitrogens with one attached hydrogen (secondary N) is 1. The lowest BCUT2D eigenvalue weighted by atomic mass is 9.96. The van der Waals surface area contributed by atoms with Crippen molar-refractivity contribution in [1.82, 2.24) is 10.3 Å². The van der Waals surface area contributed by atoms with E-state index in [1.165, 1.54) is 30.6 Å². The van der Waals surface area contributed by atoms with Crippen molar-refractivity contribution in [2.75, 3.05) is 31.6 Å². The number of ether oxygens (including phenoxy) is 1. The molecule has 1 atom stereocenters. The molecule has 0 saturated carbocycles. The number of thiazole rings is 1. The van der Waals surface area contributed by atoms with Gasteiger partial charge in [-0.1, -0.05) is 30.3 Å². The summed E-state index contributed by atoms with van der Waals surface area (Å²) in [5.74, 6) is -0.299. The summed E-state index contributed by atoms with van der Waals surface area (Å²) in [6.45, 7) is 3.82. The number of hydrogen-bond donors (Lipinski definition) is 1. The van der Waals surface area contributed by atoms with E-state index >= 15 is 0 Å². The number of amides is 1. The third-order valence-electron chi connectivity index (χ3n) is 6.43. The first kappa shape index (κ1) is 26.7. The molecule has 3 aromatic rings. The van der Waals surface area contributed by atoms with E-state index in [2.05, 4.69) is 15.2 Å². The minimum Gasteiger partial charge on any atom is -0.469 e. The molecule has 1 N–H and O–H groups in total. The van der Waals surface area contributed by atoms with Gasteiger partial charge in [0.1, 0.15) is 9.88 Å². The summed E-state index contributed by atoms with van der Waals surface area (Å²) in [5, 5.41) is 3.52. The van der Waals surface area contributed by atoms with Crippen molar-refractivity contribution in [3.8, 4) is 10.6 Å². The van der Waals surface area contributed by atoms with Gasteiger partial charge < -0.3 is 15.0 Å². The highest BCUT2D eigenvalue weighted by molar-refractivity contribution is 7.17. The summed E-state index contributed by atoms with van der Waals surface area (Å²) in [6, 6.07) is 12.6. The van der Waals surface area contributed by atoms with Crippen LogP contribution in [0.15, 0.2) is 48.5 Å². The minimum absolute atomic E-state index is 0.205. The number of aromatic nitrogens is 1. The van der Waals surface area contributed by atoms with Gasteiger partial charge in [-0.05, 0) is 49.4 Å². The number of alkyl halides is 3. The van der Waals surface area contributed by atoms with Gasteiger partial charge in [0.05, 0.1) is 24.8 Å². The van der Waals surface area contributed by atoms with Crippen molar-refractivity contribution in [3.05, 3.63) is 70.2 Å². The number of benzene rings is 2. The molecule has 1 aliphatic rings. The van der Waals surface area contributed by atoms with E-state index in [0.29, 0.717) is 27.7 Å². The van der Waals surface area contributed by atoms with Crippen molar-refractivity contribution < 1.29 is 27.5 Å². The largest absolute Gasteiger partial charge is 0.469 e. The molecule has 1 saturated heterocycles. The third-order valence-corrected chi connectivity index (χ3v) is 7.63. The summed E-state index contributed by atoms with van der Waals surface area (Å²) in [4.78, 5) is 31.9. The Morgan fingerprint density at radius 1 is 1.16 bits per heavy atom. The van der Waals surface area contributed by atoms with E-state index in [9.17, 15) is 22.8 Å². The fourth-order valence-electron chi connectivity index (χ4n) is 4.50. The number of halogens is 3. The second kappa shape index (κ2) is 11.3. The molecule has 1 unspecified atom stereocenters. The van der Waals surface area contributed by atoms with Crippen molar-refractivity contribution >= 4 is 28.9 Å². The number of para-hydroxylation sites is 1. The van der Waals surface area contributed by atoms with E-state index in [4.69, 9.17) is 4.74 Å². The first-order valence-corrected chi connectivity index (χ1v) is 12.8. The zero-order chi connectivity index (χ0) is 26.6. The van der Waals surface area contributed by atoms with Crippen LogP contribution in [-0.2, 0) is 22.1 Å². The standard InChI is InChI=1S/C27H28F3N3O3S/c1-17-24(37-26(32-17)19-9-11-21(12-10-19)27(28,29)30)25(35)31-15-18-6-5-13-33(16-18)22-8-4-3-7-20(22)14-23(34)36-2/h3-4,7-12,18H,5-6,13-16H2,1-2H3,(H,31,35). The Balaban J connectivity index is 1.39. The summed E-state index contributed by atoms with van der Waals surface area (Å²) in [6.07, 6.45) is -2.27. The van der Waals surface area contributed by atoms with Crippen LogP contribution in [0.2, 0.25) is 0 Å². The van der Waals surface area contributed by atoms with Crippen LogP contribution in [0.25, 0.3) is 10.6 Å². The molecule has 0 radical (unpaired) electrons. The van der Waals surface area contributed by atoms with Crippen molar-refractivity contribution in [2.24, 2.45) is 5.92 Å². The summed E-state index contributed by atoms with van der Waals surface area (Å²) in [7, 11) is 1.38. The Bertz CT molecular complexity index is 1260. The molecule has 6 nitrogen and oxygen atoms in total. The molecule has 2 aromatic carbocycles. The molecule has 1 aromatic heterocycles. The smallest absolute Gasteiger partial charge is 0.416 e. The quantitative estimate of drug-likeness (QED) is 0.408. The Morgan fingerprint density at radius 3 is 2.59 bits per heavy atom. The van der Waals surface area contributed by atoms with E-state index in [1.807, 2.05) is 24.3 Å². The van der Waals surface area contributed by atoms with E-state index in [-0.39, 0.29) is 24.2 Å². The van der Waals surface area contributed by atoms with Gasteiger partial charge in [0.15, 0.2) is 0 Å². The van der Waals surface area contributed by atoms with Crippen LogP contribution in [0, 0.1) is 12.8 Å². The molecule has 1 amide bonds. The molecule has 0 spiro atoms. The second-order valence-corrected chi connectivity index (χ2v) is 10.1. The fraction of sp³-hybridized carbons (Fsp3) is 0.370. The van der Waals surface area contributed by atoms with Gasteiger partial charge in [0.2, 0.25) is 0 Å². The zero-order valence-electron chi connectivity index (χ0n) is 20.6. The number of esters is 1. The predicted molar refractivity (Wildman–Crippen MR) is 137 cm³/mol. The Morgan fingerprint density at radius 2 is 1.89 bits per heavy atom. The van der Waals surface area contributed by atoms with Gasteiger partial charge >= 0.3 is 12.1 Å². The van der Waals surface area contributed by atoms with Crippen molar-refractivity contribution in [3.63, 3.8) is 0 Å². The van der Waals surface area contributed by atoms with Gasteiger partial charge in [-0.2, -0.15) is 13.2 Å². The number of rotatable bonds is 7. The lowest BCUT2D eigenvalue weighted by Crippen LogP contribution is -2.41. The number of hydrogen-bond acceptors (Lipinski definition) is 6. The van der Waals surface area contributed by atoms with Crippen LogP contribution >= 0.6 is 11.3 Å². The first-order chi connectivity index (χ1) is 17.7. The maximum absolute atomic E-state index is 12.9. The predicted octanol–water partition coefficient (Wildman–Crippen LogP) is 5.50. The number of nitrogens with zero attached hydrogens (tertiary/aromatic N) is 2. The third kappa shape index (κ3) is 6.49. The average Bonchev–Trinajstić information content (AvgIpc) is 3.29. The van der Waals surface area contributed by atoms with Gasteiger partial charge in [-0.25, -0.2) is 4.98 Å². The van der Waals surface area contributed by atoms with E-state index < -0.39 is 11.7 Å². The molecule has 196 valence electrons. The Kier molecular flexibility index (Phi) is 8.16. The molecule has 2 heterocycles. The molecule has 0 aliphatic carbocycles. The first-order valence-electron chi connectivity index (χ1n) is 12.0. The minimum atomic E-state index is -4.40. The van der Waals surface area contributed by atoms with E-state index in [1.54, 1.807) is 6.92 Å². The average molecular weight is 532 g/mol. The number of carbonyl (C=O) groups is 2. The molecule has 37 heavy (non-hydrogen) atoms. The molecule has 10 heteroatoms. The molecular formula is C27H28F3N3O3S. The van der Waals surface area contributed by atoms with Crippen LogP contribution < -0.4 is 10.2 Å². The maximum atomic E-state index is 12.9. The number of methoxy groups -OCH3 is 1. The maximum Gasteiger partial charge on any atom is 0.416 e. The molecule has 0 bridgehead atoms. The zero-order valence-corrected chi connectivity index (χ0v) is 21.4. The summed E-state index contributed by atoms with van der Waals surface area (Å²) >= 11 is 1.17. The number of carbonyl (C=O) groups excluding carboxylic acids is 2. The lowest BCUT2D eigenvalue weighted by molar-refractivity contribution is -0.140. The summed E-state index contributed by atoms with van der Waals surface area (Å²) < 4.78 is 43.4. The molecular weight excluding hydrogens is 503 g/mol. The number of anilines is 1. The fourth-order valence-corrected chi connectivity index (χ4v) is 5.48. The summed E-state index contributed by atoms with van der Waals surface area (Å²) in [5.41, 5.74) is 2.27. The van der Waals surface area contributed by atoms with Gasteiger partial charge in [-0.15, -0.1) is 11.3 Å². The highest BCUT2D eigenvalue weighted by atomic mass is 32.1. The van der Waals surface area contributed by atoms with Crippen LogP contribution in [0.3, 0.4) is 0 Å². The molecule has 1 aliphatic heterocycles. The molecule has 1 fully saturated rings. The lowest BCUT2D eigenvalue weighted by Gasteiger charge is -2.35. The van der Waals surface area contributed by atoms with Gasteiger partial charge in [0, 0.05) is 30.9 Å². The monoisotopic (exact) mass is 531 g/mol. The SMILES string of the molecule is COC(=O)Cc1ccccc1N1CCCC(CNC(=O)c2sc(-c3ccc(C(F)(F)F)cc3)nc2C)C1. The van der Waals surface area contributed by atoms with Gasteiger partial charge in [-0.3, -0.25) is 9.59 Å². The van der Waals surface area contributed by atoms with Crippen LogP contribution in [0.1, 0.15) is 39.3 Å². The van der Waals surface area contributed by atoms with Crippen molar-refractivity contribution in [2.45, 2.75) is 32.4 Å². The number of piperidine rings is 1. The van der Waals surface area contributed by atoms with Crippen LogP contribution in [0.4, 0.5) is 18.9 Å². The Hall–Kier alpha value is -3.40. The second-order valence-electron chi connectivity index (χ2n) is 9.05. The van der Waals surface area contributed by atoms with Crippen LogP contribution in [-0.4, -0.2) is 43.6 Å². The number of aryl methyl sites for hydroxylation is 1. The van der Waals surface area contributed by atoms with E-state index in [0.717, 1.165) is 49.3 Å². The highest BCUT2D eigenvalue weighted by Gasteiger charge is 2.30. The normalized spacial score (nSPS) is 15.9. The van der Waals surface area contributed by atoms with Crippen molar-refractivity contribution in [1.29, 1.82) is 0 Å². The topological polar surface area (TPSA) is 71.5 Å². The highest BCUT2D eigenvalue weighted by Crippen LogP contribution is 2.33.